The van der Waals surface area contributed by atoms with Crippen LogP contribution in [0.25, 0.3) is 0 Å². The van der Waals surface area contributed by atoms with E-state index in [0.717, 1.165) is 37.0 Å². The van der Waals surface area contributed by atoms with Crippen LogP contribution in [-0.2, 0) is 9.53 Å². The minimum atomic E-state index is -0.564. The van der Waals surface area contributed by atoms with Crippen LogP contribution in [0.15, 0.2) is 12.1 Å². The SMILES string of the molecule is CC(=O)c1ccc(C(=O)OCC(=O)NC2CCCCC2)s1. The fraction of sp³-hybridized carbons (Fsp3) is 0.533. The molecule has 1 aliphatic carbocycles. The van der Waals surface area contributed by atoms with Crippen molar-refractivity contribution >= 4 is 29.0 Å². The molecule has 1 saturated carbocycles. The van der Waals surface area contributed by atoms with Gasteiger partial charge in [0.15, 0.2) is 12.4 Å². The van der Waals surface area contributed by atoms with Gasteiger partial charge in [0.05, 0.1) is 4.88 Å². The minimum absolute atomic E-state index is 0.0888. The smallest absolute Gasteiger partial charge is 0.348 e. The first-order valence-corrected chi connectivity index (χ1v) is 7.95. The molecule has 1 aromatic heterocycles. The Morgan fingerprint density at radius 2 is 1.86 bits per heavy atom. The molecule has 2 rings (SSSR count). The zero-order valence-electron chi connectivity index (χ0n) is 12.0. The molecule has 21 heavy (non-hydrogen) atoms. The Bertz CT molecular complexity index is 532. The summed E-state index contributed by atoms with van der Waals surface area (Å²) in [6.07, 6.45) is 5.47. The summed E-state index contributed by atoms with van der Waals surface area (Å²) < 4.78 is 4.97. The molecule has 1 aliphatic rings. The number of ether oxygens (including phenoxy) is 1. The number of rotatable bonds is 5. The third-order valence-electron chi connectivity index (χ3n) is 3.46. The van der Waals surface area contributed by atoms with Gasteiger partial charge in [-0.2, -0.15) is 0 Å². The number of amides is 1. The lowest BCUT2D eigenvalue weighted by Crippen LogP contribution is -2.38. The Morgan fingerprint density at radius 1 is 1.19 bits per heavy atom. The van der Waals surface area contributed by atoms with Crippen molar-refractivity contribution in [2.45, 2.75) is 45.1 Å². The van der Waals surface area contributed by atoms with E-state index < -0.39 is 5.97 Å². The maximum atomic E-state index is 11.8. The van der Waals surface area contributed by atoms with Crippen LogP contribution in [0, 0.1) is 0 Å². The van der Waals surface area contributed by atoms with Gasteiger partial charge in [0.2, 0.25) is 0 Å². The Balaban J connectivity index is 1.77. The highest BCUT2D eigenvalue weighted by Crippen LogP contribution is 2.18. The van der Waals surface area contributed by atoms with E-state index in [1.165, 1.54) is 13.3 Å². The van der Waals surface area contributed by atoms with E-state index in [0.29, 0.717) is 9.75 Å². The standard InChI is InChI=1S/C15H19NO4S/c1-10(17)12-7-8-13(21-12)15(19)20-9-14(18)16-11-5-3-2-4-6-11/h7-8,11H,2-6,9H2,1H3,(H,16,18). The molecule has 0 aromatic carbocycles. The molecular weight excluding hydrogens is 290 g/mol. The first-order chi connectivity index (χ1) is 10.1. The van der Waals surface area contributed by atoms with Crippen LogP contribution in [0.2, 0.25) is 0 Å². The van der Waals surface area contributed by atoms with Crippen LogP contribution in [0.5, 0.6) is 0 Å². The average molecular weight is 309 g/mol. The summed E-state index contributed by atoms with van der Waals surface area (Å²) in [6.45, 7) is 1.17. The second-order valence-corrected chi connectivity index (χ2v) is 6.28. The Morgan fingerprint density at radius 3 is 2.48 bits per heavy atom. The van der Waals surface area contributed by atoms with Crippen molar-refractivity contribution < 1.29 is 19.1 Å². The van der Waals surface area contributed by atoms with Gasteiger partial charge in [0.1, 0.15) is 4.88 Å². The lowest BCUT2D eigenvalue weighted by Gasteiger charge is -2.22. The van der Waals surface area contributed by atoms with Crippen LogP contribution in [0.1, 0.15) is 58.4 Å². The number of ketones is 1. The fourth-order valence-corrected chi connectivity index (χ4v) is 3.15. The van der Waals surface area contributed by atoms with E-state index in [-0.39, 0.29) is 24.3 Å². The van der Waals surface area contributed by atoms with E-state index in [1.54, 1.807) is 12.1 Å². The highest BCUT2D eigenvalue weighted by atomic mass is 32.1. The quantitative estimate of drug-likeness (QED) is 0.670. The molecule has 1 amide bonds. The number of thiophene rings is 1. The summed E-state index contributed by atoms with van der Waals surface area (Å²) >= 11 is 1.08. The van der Waals surface area contributed by atoms with Crippen LogP contribution in [0.3, 0.4) is 0 Å². The Hall–Kier alpha value is -1.69. The number of hydrogen-bond donors (Lipinski definition) is 1. The van der Waals surface area contributed by atoms with Crippen LogP contribution in [0.4, 0.5) is 0 Å². The van der Waals surface area contributed by atoms with E-state index >= 15 is 0 Å². The maximum Gasteiger partial charge on any atom is 0.348 e. The van der Waals surface area contributed by atoms with Gasteiger partial charge >= 0.3 is 5.97 Å². The summed E-state index contributed by atoms with van der Waals surface area (Å²) in [6, 6.07) is 3.34. The monoisotopic (exact) mass is 309 g/mol. The molecule has 0 unspecified atom stereocenters. The van der Waals surface area contributed by atoms with E-state index in [9.17, 15) is 14.4 Å². The summed E-state index contributed by atoms with van der Waals surface area (Å²) in [5, 5.41) is 2.88. The molecule has 0 bridgehead atoms. The van der Waals surface area contributed by atoms with Crippen molar-refractivity contribution in [2.75, 3.05) is 6.61 Å². The first-order valence-electron chi connectivity index (χ1n) is 7.13. The van der Waals surface area contributed by atoms with Gasteiger partial charge in [-0.15, -0.1) is 11.3 Å². The van der Waals surface area contributed by atoms with Crippen molar-refractivity contribution in [1.82, 2.24) is 5.32 Å². The molecule has 1 fully saturated rings. The van der Waals surface area contributed by atoms with E-state index in [4.69, 9.17) is 4.74 Å². The normalized spacial score (nSPS) is 15.5. The molecule has 0 aliphatic heterocycles. The predicted octanol–water partition coefficient (Wildman–Crippen LogP) is 2.56. The van der Waals surface area contributed by atoms with Crippen LogP contribution in [-0.4, -0.2) is 30.3 Å². The van der Waals surface area contributed by atoms with Crippen molar-refractivity contribution in [3.8, 4) is 0 Å². The van der Waals surface area contributed by atoms with Gasteiger partial charge in [0, 0.05) is 6.04 Å². The molecule has 6 heteroatoms. The van der Waals surface area contributed by atoms with E-state index in [1.807, 2.05) is 0 Å². The van der Waals surface area contributed by atoms with Gasteiger partial charge in [-0.1, -0.05) is 19.3 Å². The molecule has 0 atom stereocenters. The highest BCUT2D eigenvalue weighted by molar-refractivity contribution is 7.15. The van der Waals surface area contributed by atoms with Gasteiger partial charge in [-0.05, 0) is 31.9 Å². The average Bonchev–Trinajstić information content (AvgIpc) is 2.96. The second-order valence-electron chi connectivity index (χ2n) is 5.20. The zero-order valence-corrected chi connectivity index (χ0v) is 12.8. The van der Waals surface area contributed by atoms with Crippen LogP contribution >= 0.6 is 11.3 Å². The first kappa shape index (κ1) is 15.7. The Kier molecular flexibility index (Phi) is 5.50. The van der Waals surface area contributed by atoms with Crippen LogP contribution < -0.4 is 5.32 Å². The second kappa shape index (κ2) is 7.36. The fourth-order valence-electron chi connectivity index (χ4n) is 2.36. The molecule has 0 spiro atoms. The van der Waals surface area contributed by atoms with Crippen molar-refractivity contribution in [1.29, 1.82) is 0 Å². The molecule has 0 saturated heterocycles. The molecule has 114 valence electrons. The largest absolute Gasteiger partial charge is 0.451 e. The number of carbonyl (C=O) groups excluding carboxylic acids is 3. The van der Waals surface area contributed by atoms with Gasteiger partial charge in [-0.25, -0.2) is 4.79 Å². The molecule has 0 radical (unpaired) electrons. The van der Waals surface area contributed by atoms with Gasteiger partial charge in [-0.3, -0.25) is 9.59 Å². The number of esters is 1. The summed E-state index contributed by atoms with van der Waals surface area (Å²) in [5.41, 5.74) is 0. The highest BCUT2D eigenvalue weighted by Gasteiger charge is 2.18. The number of hydrogen-bond acceptors (Lipinski definition) is 5. The zero-order chi connectivity index (χ0) is 15.2. The van der Waals surface area contributed by atoms with Crippen molar-refractivity contribution in [3.05, 3.63) is 21.9 Å². The summed E-state index contributed by atoms with van der Waals surface area (Å²) in [4.78, 5) is 35.5. The third kappa shape index (κ3) is 4.67. The molecule has 1 heterocycles. The lowest BCUT2D eigenvalue weighted by molar-refractivity contribution is -0.125. The number of Topliss-reactive ketones (excluding diaryl/α,β-unsaturated/α-hetero) is 1. The number of carbonyl (C=O) groups is 3. The lowest BCUT2D eigenvalue weighted by atomic mass is 9.95. The van der Waals surface area contributed by atoms with E-state index in [2.05, 4.69) is 5.32 Å². The molecular formula is C15H19NO4S. The van der Waals surface area contributed by atoms with Crippen molar-refractivity contribution in [3.63, 3.8) is 0 Å². The topological polar surface area (TPSA) is 72.5 Å². The number of nitrogens with one attached hydrogen (secondary N) is 1. The van der Waals surface area contributed by atoms with Crippen molar-refractivity contribution in [2.24, 2.45) is 0 Å². The van der Waals surface area contributed by atoms with Gasteiger partial charge < -0.3 is 10.1 Å². The third-order valence-corrected chi connectivity index (χ3v) is 4.62. The Labute approximate surface area is 127 Å². The van der Waals surface area contributed by atoms with Gasteiger partial charge in [0.25, 0.3) is 5.91 Å². The minimum Gasteiger partial charge on any atom is -0.451 e. The summed E-state index contributed by atoms with van der Waals surface area (Å²) in [5.74, 6) is -0.918. The molecule has 5 nitrogen and oxygen atoms in total. The predicted molar refractivity (Wildman–Crippen MR) is 79.6 cm³/mol. The molecule has 1 N–H and O–H groups in total. The maximum absolute atomic E-state index is 11.8. The summed E-state index contributed by atoms with van der Waals surface area (Å²) in [7, 11) is 0. The molecule has 1 aromatic rings.